The van der Waals surface area contributed by atoms with E-state index in [1.165, 1.54) is 5.56 Å². The van der Waals surface area contributed by atoms with E-state index in [-0.39, 0.29) is 6.04 Å². The standard InChI is InChI=1S/C15H16BrN3O/c16-12-5-1-4-11-13(6-8-20-14(11)12)19-9-10-3-2-7-18-15(10)17/h1-5,7,13,19H,6,8-9H2,(H2,17,18). The molecule has 0 saturated heterocycles. The number of aromatic nitrogens is 1. The summed E-state index contributed by atoms with van der Waals surface area (Å²) in [7, 11) is 0. The van der Waals surface area contributed by atoms with Gasteiger partial charge in [0.25, 0.3) is 0 Å². The molecule has 3 N–H and O–H groups in total. The molecule has 0 bridgehead atoms. The smallest absolute Gasteiger partial charge is 0.138 e. The van der Waals surface area contributed by atoms with Crippen LogP contribution < -0.4 is 15.8 Å². The summed E-state index contributed by atoms with van der Waals surface area (Å²) in [5.74, 6) is 1.52. The van der Waals surface area contributed by atoms with Crippen LogP contribution in [0.2, 0.25) is 0 Å². The van der Waals surface area contributed by atoms with Gasteiger partial charge in [-0.3, -0.25) is 0 Å². The Bertz CT molecular complexity index is 618. The molecule has 0 aliphatic carbocycles. The van der Waals surface area contributed by atoms with Crippen molar-refractivity contribution in [2.24, 2.45) is 0 Å². The molecule has 4 nitrogen and oxygen atoms in total. The predicted octanol–water partition coefficient (Wildman–Crippen LogP) is 3.04. The number of halogens is 1. The topological polar surface area (TPSA) is 60.2 Å². The third kappa shape index (κ3) is 2.64. The molecule has 1 atom stereocenters. The highest BCUT2D eigenvalue weighted by Gasteiger charge is 2.22. The van der Waals surface area contributed by atoms with Gasteiger partial charge in [-0.05, 0) is 28.1 Å². The van der Waals surface area contributed by atoms with Crippen LogP contribution >= 0.6 is 15.9 Å². The van der Waals surface area contributed by atoms with Crippen LogP contribution in [0.3, 0.4) is 0 Å². The molecule has 1 aliphatic rings. The number of fused-ring (bicyclic) bond motifs is 1. The highest BCUT2D eigenvalue weighted by Crippen LogP contribution is 2.37. The fourth-order valence-corrected chi connectivity index (χ4v) is 2.93. The maximum Gasteiger partial charge on any atom is 0.138 e. The summed E-state index contributed by atoms with van der Waals surface area (Å²) in [5, 5.41) is 3.54. The molecule has 0 radical (unpaired) electrons. The van der Waals surface area contributed by atoms with Gasteiger partial charge in [-0.2, -0.15) is 0 Å². The number of nitrogen functional groups attached to an aromatic ring is 1. The molecule has 1 aromatic carbocycles. The SMILES string of the molecule is Nc1ncccc1CNC1CCOc2c(Br)cccc21. The summed E-state index contributed by atoms with van der Waals surface area (Å²) in [6.45, 7) is 1.42. The lowest BCUT2D eigenvalue weighted by Crippen LogP contribution is -2.27. The first-order valence-corrected chi connectivity index (χ1v) is 7.39. The second-order valence-electron chi connectivity index (χ2n) is 4.78. The fraction of sp³-hybridized carbons (Fsp3) is 0.267. The maximum atomic E-state index is 5.87. The summed E-state index contributed by atoms with van der Waals surface area (Å²) in [6, 6.07) is 10.3. The summed E-state index contributed by atoms with van der Waals surface area (Å²) < 4.78 is 6.74. The Morgan fingerprint density at radius 2 is 2.25 bits per heavy atom. The molecular formula is C15H16BrN3O. The Labute approximate surface area is 126 Å². The van der Waals surface area contributed by atoms with Gasteiger partial charge in [-0.15, -0.1) is 0 Å². The number of rotatable bonds is 3. The third-order valence-electron chi connectivity index (χ3n) is 3.49. The largest absolute Gasteiger partial charge is 0.492 e. The summed E-state index contributed by atoms with van der Waals surface area (Å²) in [6.07, 6.45) is 2.66. The minimum Gasteiger partial charge on any atom is -0.492 e. The number of hydrogen-bond acceptors (Lipinski definition) is 4. The molecule has 0 spiro atoms. The lowest BCUT2D eigenvalue weighted by molar-refractivity contribution is 0.250. The van der Waals surface area contributed by atoms with Gasteiger partial charge in [0.2, 0.25) is 0 Å². The first-order valence-electron chi connectivity index (χ1n) is 6.59. The van der Waals surface area contributed by atoms with Crippen molar-refractivity contribution in [1.82, 2.24) is 10.3 Å². The predicted molar refractivity (Wildman–Crippen MR) is 82.5 cm³/mol. The highest BCUT2D eigenvalue weighted by molar-refractivity contribution is 9.10. The molecule has 0 fully saturated rings. The van der Waals surface area contributed by atoms with Crippen LogP contribution in [0.4, 0.5) is 5.82 Å². The molecule has 0 saturated carbocycles. The first kappa shape index (κ1) is 13.4. The fourth-order valence-electron chi connectivity index (χ4n) is 2.43. The summed E-state index contributed by atoms with van der Waals surface area (Å²) in [4.78, 5) is 4.11. The molecule has 0 amide bonds. The van der Waals surface area contributed by atoms with Crippen LogP contribution in [0.1, 0.15) is 23.6 Å². The zero-order valence-electron chi connectivity index (χ0n) is 11.0. The normalized spacial score (nSPS) is 17.4. The zero-order valence-corrected chi connectivity index (χ0v) is 12.6. The Morgan fingerprint density at radius 1 is 1.35 bits per heavy atom. The number of nitrogens with two attached hydrogens (primary N) is 1. The monoisotopic (exact) mass is 333 g/mol. The van der Waals surface area contributed by atoms with Crippen LogP contribution in [0.5, 0.6) is 5.75 Å². The summed E-state index contributed by atoms with van der Waals surface area (Å²) >= 11 is 3.53. The number of benzene rings is 1. The van der Waals surface area contributed by atoms with Gasteiger partial charge < -0.3 is 15.8 Å². The van der Waals surface area contributed by atoms with Gasteiger partial charge in [0, 0.05) is 36.3 Å². The van der Waals surface area contributed by atoms with Gasteiger partial charge >= 0.3 is 0 Å². The minimum atomic E-state index is 0.274. The van der Waals surface area contributed by atoms with Crippen molar-refractivity contribution in [1.29, 1.82) is 0 Å². The first-order chi connectivity index (χ1) is 9.75. The van der Waals surface area contributed by atoms with E-state index in [9.17, 15) is 0 Å². The Hall–Kier alpha value is -1.59. The van der Waals surface area contributed by atoms with Crippen molar-refractivity contribution in [3.8, 4) is 5.75 Å². The molecule has 104 valence electrons. The van der Waals surface area contributed by atoms with Gasteiger partial charge in [-0.25, -0.2) is 4.98 Å². The Kier molecular flexibility index (Phi) is 3.89. The zero-order chi connectivity index (χ0) is 13.9. The van der Waals surface area contributed by atoms with E-state index in [4.69, 9.17) is 10.5 Å². The average Bonchev–Trinajstić information content (AvgIpc) is 2.47. The number of ether oxygens (including phenoxy) is 1. The van der Waals surface area contributed by atoms with E-state index >= 15 is 0 Å². The molecule has 1 unspecified atom stereocenters. The minimum absolute atomic E-state index is 0.274. The number of anilines is 1. The molecular weight excluding hydrogens is 318 g/mol. The molecule has 3 rings (SSSR count). The van der Waals surface area contributed by atoms with E-state index in [1.54, 1.807) is 6.20 Å². The van der Waals surface area contributed by atoms with Crippen LogP contribution in [0, 0.1) is 0 Å². The van der Waals surface area contributed by atoms with Crippen LogP contribution in [0.25, 0.3) is 0 Å². The van der Waals surface area contributed by atoms with Gasteiger partial charge in [0.1, 0.15) is 11.6 Å². The maximum absolute atomic E-state index is 5.87. The number of nitrogens with zero attached hydrogens (tertiary/aromatic N) is 1. The van der Waals surface area contributed by atoms with E-state index < -0.39 is 0 Å². The molecule has 5 heteroatoms. The molecule has 1 aliphatic heterocycles. The number of pyridine rings is 1. The van der Waals surface area contributed by atoms with E-state index in [2.05, 4.69) is 32.3 Å². The lowest BCUT2D eigenvalue weighted by Gasteiger charge is -2.27. The lowest BCUT2D eigenvalue weighted by atomic mass is 10.0. The van der Waals surface area contributed by atoms with Gasteiger partial charge in [0.15, 0.2) is 0 Å². The van der Waals surface area contributed by atoms with Crippen molar-refractivity contribution >= 4 is 21.7 Å². The van der Waals surface area contributed by atoms with Crippen molar-refractivity contribution < 1.29 is 4.74 Å². The second-order valence-corrected chi connectivity index (χ2v) is 5.63. The van der Waals surface area contributed by atoms with Crippen molar-refractivity contribution in [3.05, 3.63) is 52.1 Å². The Balaban J connectivity index is 1.77. The van der Waals surface area contributed by atoms with Crippen LogP contribution in [-0.4, -0.2) is 11.6 Å². The van der Waals surface area contributed by atoms with Crippen molar-refractivity contribution in [2.45, 2.75) is 19.0 Å². The second kappa shape index (κ2) is 5.81. The number of nitrogens with one attached hydrogen (secondary N) is 1. The van der Waals surface area contributed by atoms with Crippen molar-refractivity contribution in [3.63, 3.8) is 0 Å². The molecule has 2 heterocycles. The third-order valence-corrected chi connectivity index (χ3v) is 4.12. The number of para-hydroxylation sites is 1. The van der Waals surface area contributed by atoms with Crippen LogP contribution in [-0.2, 0) is 6.54 Å². The van der Waals surface area contributed by atoms with Gasteiger partial charge in [-0.1, -0.05) is 18.2 Å². The Morgan fingerprint density at radius 3 is 3.10 bits per heavy atom. The van der Waals surface area contributed by atoms with Gasteiger partial charge in [0.05, 0.1) is 11.1 Å². The highest BCUT2D eigenvalue weighted by atomic mass is 79.9. The molecule has 1 aromatic heterocycles. The average molecular weight is 334 g/mol. The van der Waals surface area contributed by atoms with E-state index in [0.717, 1.165) is 28.8 Å². The van der Waals surface area contributed by atoms with E-state index in [1.807, 2.05) is 24.3 Å². The quantitative estimate of drug-likeness (QED) is 0.906. The molecule has 2 aromatic rings. The molecule has 20 heavy (non-hydrogen) atoms. The number of hydrogen-bond donors (Lipinski definition) is 2. The van der Waals surface area contributed by atoms with Crippen LogP contribution in [0.15, 0.2) is 41.0 Å². The summed E-state index contributed by atoms with van der Waals surface area (Å²) in [5.41, 5.74) is 8.08. The van der Waals surface area contributed by atoms with E-state index in [0.29, 0.717) is 12.4 Å². The van der Waals surface area contributed by atoms with Crippen molar-refractivity contribution in [2.75, 3.05) is 12.3 Å².